The van der Waals surface area contributed by atoms with Crippen molar-refractivity contribution in [1.82, 2.24) is 19.5 Å². The highest BCUT2D eigenvalue weighted by Gasteiger charge is 2.61. The van der Waals surface area contributed by atoms with Crippen LogP contribution in [0, 0.1) is 16.7 Å². The Hall–Kier alpha value is -2.29. The Morgan fingerprint density at radius 2 is 2.27 bits per heavy atom. The summed E-state index contributed by atoms with van der Waals surface area (Å²) < 4.78 is 42.4. The van der Waals surface area contributed by atoms with E-state index in [2.05, 4.69) is 21.0 Å². The topological polar surface area (TPSA) is 157 Å². The second kappa shape index (κ2) is 7.44. The van der Waals surface area contributed by atoms with Gasteiger partial charge in [0.25, 0.3) is 0 Å². The molecule has 4 heterocycles. The van der Waals surface area contributed by atoms with E-state index < -0.39 is 31.7 Å². The maximum absolute atomic E-state index is 12.9. The molecule has 0 radical (unpaired) electrons. The number of nitriles is 1. The van der Waals surface area contributed by atoms with Gasteiger partial charge in [-0.2, -0.15) is 15.2 Å². The number of hydrogen-bond donors (Lipinski definition) is 1. The van der Waals surface area contributed by atoms with Crippen LogP contribution >= 0.6 is 7.82 Å². The zero-order valence-corrected chi connectivity index (χ0v) is 17.9. The van der Waals surface area contributed by atoms with E-state index in [-0.39, 0.29) is 24.5 Å². The number of imidazole rings is 1. The maximum Gasteiger partial charge on any atom is 0.475 e. The van der Waals surface area contributed by atoms with E-state index in [0.29, 0.717) is 17.8 Å². The average molecular weight is 438 g/mol. The summed E-state index contributed by atoms with van der Waals surface area (Å²) in [6, 6.07) is 2.25. The van der Waals surface area contributed by atoms with Crippen molar-refractivity contribution < 1.29 is 27.6 Å². The number of aromatic nitrogens is 4. The lowest BCUT2D eigenvalue weighted by Crippen LogP contribution is -2.42. The van der Waals surface area contributed by atoms with Crippen LogP contribution in [-0.2, 0) is 22.9 Å². The van der Waals surface area contributed by atoms with Gasteiger partial charge in [0.2, 0.25) is 11.8 Å². The lowest BCUT2D eigenvalue weighted by Gasteiger charge is -2.34. The van der Waals surface area contributed by atoms with Gasteiger partial charge in [0.15, 0.2) is 17.4 Å². The fourth-order valence-electron chi connectivity index (χ4n) is 3.65. The minimum Gasteiger partial charge on any atom is -0.476 e. The number of nitrogens with zero attached hydrogens (tertiary/aromatic N) is 5. The Bertz CT molecular complexity index is 1050. The van der Waals surface area contributed by atoms with E-state index in [1.807, 2.05) is 6.92 Å². The molecule has 2 saturated heterocycles. The van der Waals surface area contributed by atoms with Crippen molar-refractivity contribution in [2.75, 3.05) is 18.9 Å². The smallest absolute Gasteiger partial charge is 0.475 e. The summed E-state index contributed by atoms with van der Waals surface area (Å²) in [5, 5.41) is 10.1. The second-order valence-corrected chi connectivity index (χ2v) is 9.06. The molecule has 12 nitrogen and oxygen atoms in total. The number of ether oxygens (including phenoxy) is 2. The number of nitrogens with two attached hydrogens (primary N) is 1. The van der Waals surface area contributed by atoms with Crippen molar-refractivity contribution in [2.45, 2.75) is 52.2 Å². The van der Waals surface area contributed by atoms with Crippen molar-refractivity contribution in [2.24, 2.45) is 5.41 Å². The summed E-state index contributed by atoms with van der Waals surface area (Å²) >= 11 is 0. The molecule has 30 heavy (non-hydrogen) atoms. The van der Waals surface area contributed by atoms with Gasteiger partial charge < -0.3 is 15.2 Å². The lowest BCUT2D eigenvalue weighted by atomic mass is 9.84. The number of fused-ring (bicyclic) bond motifs is 2. The number of phosphoric acid groups is 1. The minimum atomic E-state index is -3.83. The number of nitrogen functional groups attached to an aromatic ring is 1. The Labute approximate surface area is 172 Å². The molecule has 2 aliphatic heterocycles. The van der Waals surface area contributed by atoms with Crippen molar-refractivity contribution in [3.8, 4) is 11.9 Å². The van der Waals surface area contributed by atoms with Crippen molar-refractivity contribution in [3.63, 3.8) is 0 Å². The molecule has 5 atom stereocenters. The lowest BCUT2D eigenvalue weighted by molar-refractivity contribution is -0.0733. The highest BCUT2D eigenvalue weighted by atomic mass is 31.2. The standard InChI is InChI=1S/C17H23N6O6P/c1-5-25-14-11-13(21-16(19)22-14)23(8-20-11)15-17(4,7-18)12-10(27-15)6-26-30(24,29-12)28-9(2)3/h8-10,12,15H,5-6H2,1-4H3,(H2,19,21,22)/t10-,12?,15-,17-,30?/m1/s1. The van der Waals surface area contributed by atoms with Gasteiger partial charge in [-0.1, -0.05) is 0 Å². The SMILES string of the molecule is CCOc1nc(N)nc2c1ncn2[C@@H]1O[C@@H]2COP(=O)(OC(C)C)OC2[C@@]1(C)C#N. The average Bonchev–Trinajstić information content (AvgIpc) is 3.20. The molecule has 0 aromatic carbocycles. The number of rotatable bonds is 5. The van der Waals surface area contributed by atoms with Crippen molar-refractivity contribution in [1.29, 1.82) is 5.26 Å². The second-order valence-electron chi connectivity index (χ2n) is 7.49. The Morgan fingerprint density at radius 1 is 1.50 bits per heavy atom. The molecule has 2 unspecified atom stereocenters. The van der Waals surface area contributed by atoms with Crippen LogP contribution in [0.1, 0.15) is 33.9 Å². The Morgan fingerprint density at radius 3 is 2.93 bits per heavy atom. The molecule has 4 rings (SSSR count). The molecular formula is C17H23N6O6P. The van der Waals surface area contributed by atoms with Gasteiger partial charge in [-0.15, -0.1) is 0 Å². The number of phosphoric ester groups is 1. The van der Waals surface area contributed by atoms with E-state index in [1.165, 1.54) is 6.33 Å². The van der Waals surface area contributed by atoms with Crippen LogP contribution in [0.2, 0.25) is 0 Å². The molecule has 0 bridgehead atoms. The summed E-state index contributed by atoms with van der Waals surface area (Å²) in [5.41, 5.74) is 5.32. The third-order valence-corrected chi connectivity index (χ3v) is 6.54. The predicted octanol–water partition coefficient (Wildman–Crippen LogP) is 2.18. The van der Waals surface area contributed by atoms with Crippen molar-refractivity contribution in [3.05, 3.63) is 6.33 Å². The largest absolute Gasteiger partial charge is 0.476 e. The highest BCUT2D eigenvalue weighted by molar-refractivity contribution is 7.48. The maximum atomic E-state index is 12.9. The molecule has 2 aromatic rings. The van der Waals surface area contributed by atoms with Crippen LogP contribution in [0.15, 0.2) is 6.33 Å². The van der Waals surface area contributed by atoms with Crippen LogP contribution in [-0.4, -0.2) is 51.0 Å². The van der Waals surface area contributed by atoms with E-state index >= 15 is 0 Å². The molecule has 13 heteroatoms. The molecule has 0 spiro atoms. The zero-order valence-electron chi connectivity index (χ0n) is 17.0. The van der Waals surface area contributed by atoms with Crippen LogP contribution in [0.25, 0.3) is 11.2 Å². The minimum absolute atomic E-state index is 0.00353. The van der Waals surface area contributed by atoms with Gasteiger partial charge in [-0.3, -0.25) is 18.1 Å². The third-order valence-electron chi connectivity index (χ3n) is 4.91. The normalized spacial score (nSPS) is 33.5. The van der Waals surface area contributed by atoms with Gasteiger partial charge in [0, 0.05) is 0 Å². The molecule has 0 aliphatic carbocycles. The fraction of sp³-hybridized carbons (Fsp3) is 0.647. The van der Waals surface area contributed by atoms with Crippen LogP contribution in [0.4, 0.5) is 5.95 Å². The highest BCUT2D eigenvalue weighted by Crippen LogP contribution is 2.61. The first-order valence-electron chi connectivity index (χ1n) is 9.51. The van der Waals surface area contributed by atoms with Crippen LogP contribution < -0.4 is 10.5 Å². The van der Waals surface area contributed by atoms with Gasteiger partial charge in [0.1, 0.15) is 17.6 Å². The Kier molecular flexibility index (Phi) is 5.20. The first-order chi connectivity index (χ1) is 14.2. The van der Waals surface area contributed by atoms with E-state index in [4.69, 9.17) is 28.8 Å². The van der Waals surface area contributed by atoms with Gasteiger partial charge in [-0.25, -0.2) is 9.55 Å². The van der Waals surface area contributed by atoms with Crippen LogP contribution in [0.3, 0.4) is 0 Å². The number of hydrogen-bond acceptors (Lipinski definition) is 11. The molecular weight excluding hydrogens is 415 g/mol. The quantitative estimate of drug-likeness (QED) is 0.682. The molecule has 0 saturated carbocycles. The summed E-state index contributed by atoms with van der Waals surface area (Å²) in [6.07, 6.45) is -1.26. The summed E-state index contributed by atoms with van der Waals surface area (Å²) in [4.78, 5) is 12.7. The van der Waals surface area contributed by atoms with E-state index in [0.717, 1.165) is 0 Å². The van der Waals surface area contributed by atoms with Crippen molar-refractivity contribution >= 4 is 24.9 Å². The van der Waals surface area contributed by atoms with E-state index in [9.17, 15) is 9.83 Å². The zero-order chi connectivity index (χ0) is 21.7. The van der Waals surface area contributed by atoms with Gasteiger partial charge in [-0.05, 0) is 27.7 Å². The van der Waals surface area contributed by atoms with Crippen LogP contribution in [0.5, 0.6) is 5.88 Å². The summed E-state index contributed by atoms with van der Waals surface area (Å²) in [6.45, 7) is 7.23. The van der Waals surface area contributed by atoms with E-state index in [1.54, 1.807) is 25.3 Å². The monoisotopic (exact) mass is 438 g/mol. The summed E-state index contributed by atoms with van der Waals surface area (Å²) in [7, 11) is -3.83. The molecule has 162 valence electrons. The number of anilines is 1. The fourth-order valence-corrected chi connectivity index (χ4v) is 5.30. The summed E-state index contributed by atoms with van der Waals surface area (Å²) in [5.74, 6) is 0.235. The predicted molar refractivity (Wildman–Crippen MR) is 103 cm³/mol. The Balaban J connectivity index is 1.75. The van der Waals surface area contributed by atoms with Gasteiger partial charge in [0.05, 0.1) is 31.7 Å². The molecule has 0 amide bonds. The molecule has 2 N–H and O–H groups in total. The first kappa shape index (κ1) is 21.0. The van der Waals surface area contributed by atoms with Gasteiger partial charge >= 0.3 is 7.82 Å². The molecule has 2 aromatic heterocycles. The molecule has 2 aliphatic rings. The third kappa shape index (κ3) is 3.33. The first-order valence-corrected chi connectivity index (χ1v) is 11.0. The molecule has 2 fully saturated rings.